The van der Waals surface area contributed by atoms with E-state index in [0.29, 0.717) is 6.61 Å². The Labute approximate surface area is 111 Å². The van der Waals surface area contributed by atoms with Gasteiger partial charge in [-0.15, -0.1) is 0 Å². The standard InChI is InChI=1S/C13H26O4Si/c1-12(2,3)18(13(4,5)6)16-10-9(14-7)8-15-11(10)17-18/h9-11H,8H2,1-7H3/t9?,10-,11+/m0/s1. The fourth-order valence-corrected chi connectivity index (χ4v) is 8.10. The molecule has 0 N–H and O–H groups in total. The van der Waals surface area contributed by atoms with Gasteiger partial charge in [0.1, 0.15) is 12.2 Å². The molecule has 4 nitrogen and oxygen atoms in total. The van der Waals surface area contributed by atoms with Gasteiger partial charge in [-0.1, -0.05) is 41.5 Å². The molecule has 0 aromatic carbocycles. The van der Waals surface area contributed by atoms with Crippen LogP contribution >= 0.6 is 0 Å². The van der Waals surface area contributed by atoms with Gasteiger partial charge >= 0.3 is 8.56 Å². The molecule has 2 aliphatic heterocycles. The highest BCUT2D eigenvalue weighted by Gasteiger charge is 2.67. The van der Waals surface area contributed by atoms with Crippen molar-refractivity contribution in [1.29, 1.82) is 0 Å². The van der Waals surface area contributed by atoms with Crippen LogP contribution in [0, 0.1) is 0 Å². The Kier molecular flexibility index (Phi) is 3.44. The molecule has 3 atom stereocenters. The van der Waals surface area contributed by atoms with Crippen LogP contribution in [0.15, 0.2) is 0 Å². The van der Waals surface area contributed by atoms with Gasteiger partial charge in [-0.25, -0.2) is 0 Å². The Balaban J connectivity index is 2.32. The topological polar surface area (TPSA) is 36.9 Å². The van der Waals surface area contributed by atoms with Gasteiger partial charge < -0.3 is 18.3 Å². The van der Waals surface area contributed by atoms with E-state index >= 15 is 0 Å². The van der Waals surface area contributed by atoms with Crippen molar-refractivity contribution in [1.82, 2.24) is 0 Å². The van der Waals surface area contributed by atoms with Crippen LogP contribution in [0.5, 0.6) is 0 Å². The number of rotatable bonds is 1. The first-order valence-electron chi connectivity index (χ1n) is 6.62. The summed E-state index contributed by atoms with van der Waals surface area (Å²) in [7, 11) is -0.691. The van der Waals surface area contributed by atoms with E-state index in [-0.39, 0.29) is 28.6 Å². The summed E-state index contributed by atoms with van der Waals surface area (Å²) in [5, 5.41) is -0.00547. The van der Waals surface area contributed by atoms with Gasteiger partial charge in [-0.3, -0.25) is 0 Å². The van der Waals surface area contributed by atoms with E-state index in [0.717, 1.165) is 0 Å². The molecule has 0 bridgehead atoms. The van der Waals surface area contributed by atoms with Gasteiger partial charge in [-0.2, -0.15) is 0 Å². The zero-order valence-electron chi connectivity index (χ0n) is 12.6. The maximum atomic E-state index is 6.47. The highest BCUT2D eigenvalue weighted by Crippen LogP contribution is 2.57. The molecule has 2 heterocycles. The largest absolute Gasteiger partial charge is 0.382 e. The van der Waals surface area contributed by atoms with Crippen LogP contribution in [0.2, 0.25) is 10.1 Å². The van der Waals surface area contributed by atoms with E-state index < -0.39 is 8.56 Å². The molecule has 1 unspecified atom stereocenters. The summed E-state index contributed by atoms with van der Waals surface area (Å²) < 4.78 is 23.9. The van der Waals surface area contributed by atoms with Crippen LogP contribution in [0.1, 0.15) is 41.5 Å². The van der Waals surface area contributed by atoms with Crippen LogP contribution in [0.3, 0.4) is 0 Å². The predicted molar refractivity (Wildman–Crippen MR) is 71.7 cm³/mol. The van der Waals surface area contributed by atoms with Crippen molar-refractivity contribution >= 4 is 8.56 Å². The maximum Gasteiger partial charge on any atom is 0.351 e. The van der Waals surface area contributed by atoms with Crippen LogP contribution in [0.4, 0.5) is 0 Å². The highest BCUT2D eigenvalue weighted by molar-refractivity contribution is 6.74. The third-order valence-corrected chi connectivity index (χ3v) is 9.04. The number of hydrogen-bond donors (Lipinski definition) is 0. The maximum absolute atomic E-state index is 6.47. The lowest BCUT2D eigenvalue weighted by Gasteiger charge is -2.46. The van der Waals surface area contributed by atoms with Gasteiger partial charge in [0, 0.05) is 17.2 Å². The van der Waals surface area contributed by atoms with Gasteiger partial charge in [0.25, 0.3) is 0 Å². The van der Waals surface area contributed by atoms with Gasteiger partial charge in [0.2, 0.25) is 0 Å². The molecule has 2 aliphatic rings. The summed E-state index contributed by atoms with van der Waals surface area (Å²) in [5.74, 6) is 0. The summed E-state index contributed by atoms with van der Waals surface area (Å²) in [4.78, 5) is 0. The fourth-order valence-electron chi connectivity index (χ4n) is 3.20. The van der Waals surface area contributed by atoms with Crippen molar-refractivity contribution in [2.24, 2.45) is 0 Å². The number of methoxy groups -OCH3 is 1. The lowest BCUT2D eigenvalue weighted by molar-refractivity contribution is -0.0458. The molecule has 2 fully saturated rings. The minimum Gasteiger partial charge on any atom is -0.382 e. The number of ether oxygens (including phenoxy) is 2. The van der Waals surface area contributed by atoms with Crippen molar-refractivity contribution < 1.29 is 18.3 Å². The smallest absolute Gasteiger partial charge is 0.351 e. The second kappa shape index (κ2) is 4.28. The molecule has 0 aromatic rings. The minimum absolute atomic E-state index is 0.00274. The number of fused-ring (bicyclic) bond motifs is 1. The molecule has 0 amide bonds. The van der Waals surface area contributed by atoms with E-state index in [1.165, 1.54) is 0 Å². The van der Waals surface area contributed by atoms with Crippen molar-refractivity contribution in [3.63, 3.8) is 0 Å². The monoisotopic (exact) mass is 274 g/mol. The Hall–Kier alpha value is 0.0569. The molecule has 2 saturated heterocycles. The lowest BCUT2D eigenvalue weighted by Crippen LogP contribution is -2.55. The van der Waals surface area contributed by atoms with Crippen molar-refractivity contribution in [2.45, 2.75) is 70.1 Å². The molecule has 0 aliphatic carbocycles. The molecule has 0 spiro atoms. The molecular formula is C13H26O4Si. The lowest BCUT2D eigenvalue weighted by atomic mass is 10.2. The number of hydrogen-bond acceptors (Lipinski definition) is 4. The van der Waals surface area contributed by atoms with Crippen LogP contribution in [0.25, 0.3) is 0 Å². The zero-order valence-corrected chi connectivity index (χ0v) is 13.6. The first-order chi connectivity index (χ1) is 8.12. The zero-order chi connectivity index (χ0) is 13.8. The fraction of sp³-hybridized carbons (Fsp3) is 1.00. The van der Waals surface area contributed by atoms with E-state index in [1.54, 1.807) is 7.11 Å². The minimum atomic E-state index is -2.39. The first kappa shape index (κ1) is 14.5. The predicted octanol–water partition coefficient (Wildman–Crippen LogP) is 2.82. The summed E-state index contributed by atoms with van der Waals surface area (Å²) in [5.41, 5.74) is 0. The third-order valence-electron chi connectivity index (χ3n) is 3.92. The van der Waals surface area contributed by atoms with Crippen LogP contribution in [-0.2, 0) is 18.3 Å². The third kappa shape index (κ3) is 1.96. The molecule has 18 heavy (non-hydrogen) atoms. The van der Waals surface area contributed by atoms with Crippen LogP contribution in [-0.4, -0.2) is 40.8 Å². The molecular weight excluding hydrogens is 248 g/mol. The van der Waals surface area contributed by atoms with Gasteiger partial charge in [0.05, 0.1) is 6.61 Å². The molecule has 0 radical (unpaired) electrons. The summed E-state index contributed by atoms with van der Waals surface area (Å²) in [6, 6.07) is 0. The Morgan fingerprint density at radius 3 is 2.00 bits per heavy atom. The SMILES string of the molecule is COC1CO[C@@H]2O[Si](C(C)(C)C)(C(C)(C)C)O[C@@H]12. The Morgan fingerprint density at radius 1 is 1.00 bits per heavy atom. The van der Waals surface area contributed by atoms with Crippen molar-refractivity contribution in [3.05, 3.63) is 0 Å². The van der Waals surface area contributed by atoms with Crippen LogP contribution < -0.4 is 0 Å². The van der Waals surface area contributed by atoms with E-state index in [2.05, 4.69) is 41.5 Å². The van der Waals surface area contributed by atoms with E-state index in [4.69, 9.17) is 18.3 Å². The first-order valence-corrected chi connectivity index (χ1v) is 8.44. The quantitative estimate of drug-likeness (QED) is 0.689. The Morgan fingerprint density at radius 2 is 1.56 bits per heavy atom. The van der Waals surface area contributed by atoms with Gasteiger partial charge in [-0.05, 0) is 0 Å². The average molecular weight is 274 g/mol. The second-order valence-corrected chi connectivity index (χ2v) is 12.0. The highest BCUT2D eigenvalue weighted by atomic mass is 28.4. The molecule has 2 rings (SSSR count). The second-order valence-electron chi connectivity index (χ2n) is 7.29. The van der Waals surface area contributed by atoms with E-state index in [9.17, 15) is 0 Å². The normalized spacial score (nSPS) is 35.8. The summed E-state index contributed by atoms with van der Waals surface area (Å²) >= 11 is 0. The molecule has 5 heteroatoms. The summed E-state index contributed by atoms with van der Waals surface area (Å²) in [6.45, 7) is 13.8. The Bertz CT molecular complexity index is 304. The summed E-state index contributed by atoms with van der Waals surface area (Å²) in [6.07, 6.45) is -0.325. The van der Waals surface area contributed by atoms with Crippen molar-refractivity contribution in [2.75, 3.05) is 13.7 Å². The van der Waals surface area contributed by atoms with Gasteiger partial charge in [0.15, 0.2) is 6.29 Å². The molecule has 0 aromatic heterocycles. The van der Waals surface area contributed by atoms with E-state index in [1.807, 2.05) is 0 Å². The average Bonchev–Trinajstić information content (AvgIpc) is 2.70. The molecule has 0 saturated carbocycles. The van der Waals surface area contributed by atoms with Crippen molar-refractivity contribution in [3.8, 4) is 0 Å². The molecule has 106 valence electrons.